The molecule has 2 aromatic carbocycles. The lowest BCUT2D eigenvalue weighted by atomic mass is 10.1. The molecule has 0 saturated carbocycles. The maximum Gasteiger partial charge on any atom is 0.228 e. The quantitative estimate of drug-likeness (QED) is 0.573. The molecular weight excluding hydrogens is 372 g/mol. The minimum absolute atomic E-state index is 0.115. The Morgan fingerprint density at radius 1 is 1.00 bits per heavy atom. The lowest BCUT2D eigenvalue weighted by Crippen LogP contribution is -1.98. The van der Waals surface area contributed by atoms with E-state index >= 15 is 0 Å². The van der Waals surface area contributed by atoms with Crippen molar-refractivity contribution in [1.82, 2.24) is 0 Å². The van der Waals surface area contributed by atoms with Crippen molar-refractivity contribution in [2.75, 3.05) is 0 Å². The molecule has 0 unspecified atom stereocenters. The van der Waals surface area contributed by atoms with Gasteiger partial charge < -0.3 is 4.42 Å². The van der Waals surface area contributed by atoms with Crippen LogP contribution >= 0.6 is 31.9 Å². The van der Waals surface area contributed by atoms with Crippen LogP contribution in [0.25, 0.3) is 11.0 Å². The van der Waals surface area contributed by atoms with Crippen LogP contribution < -0.4 is 0 Å². The fraction of sp³-hybridized carbons (Fsp3) is 0. The molecule has 4 heteroatoms. The first-order valence-corrected chi connectivity index (χ1v) is 7.22. The highest BCUT2D eigenvalue weighted by Crippen LogP contribution is 2.28. The van der Waals surface area contributed by atoms with Gasteiger partial charge in [0.1, 0.15) is 5.58 Å². The molecule has 3 rings (SSSR count). The van der Waals surface area contributed by atoms with E-state index in [0.29, 0.717) is 16.9 Å². The van der Waals surface area contributed by atoms with E-state index in [4.69, 9.17) is 4.42 Å². The summed E-state index contributed by atoms with van der Waals surface area (Å²) >= 11 is 6.76. The topological polar surface area (TPSA) is 30.2 Å². The Hall–Kier alpha value is -1.39. The predicted octanol–water partition coefficient (Wildman–Crippen LogP) is 5.19. The molecule has 2 nitrogen and oxygen atoms in total. The Morgan fingerprint density at radius 3 is 2.42 bits per heavy atom. The minimum atomic E-state index is -0.115. The highest BCUT2D eigenvalue weighted by Gasteiger charge is 2.15. The summed E-state index contributed by atoms with van der Waals surface area (Å²) in [6, 6.07) is 14.7. The molecule has 0 N–H and O–H groups in total. The normalized spacial score (nSPS) is 10.8. The average molecular weight is 380 g/mol. The van der Waals surface area contributed by atoms with Crippen LogP contribution in [-0.2, 0) is 0 Å². The molecule has 0 spiro atoms. The molecule has 0 bridgehead atoms. The predicted molar refractivity (Wildman–Crippen MR) is 81.5 cm³/mol. The van der Waals surface area contributed by atoms with Gasteiger partial charge in [0.2, 0.25) is 5.78 Å². The number of ketones is 1. The van der Waals surface area contributed by atoms with Gasteiger partial charge in [0, 0.05) is 15.4 Å². The number of rotatable bonds is 2. The first-order chi connectivity index (χ1) is 9.15. The summed E-state index contributed by atoms with van der Waals surface area (Å²) in [6.45, 7) is 0. The zero-order valence-corrected chi connectivity index (χ0v) is 12.9. The van der Waals surface area contributed by atoms with Crippen molar-refractivity contribution < 1.29 is 9.21 Å². The second kappa shape index (κ2) is 4.94. The first kappa shape index (κ1) is 12.6. The standard InChI is InChI=1S/C15H8Br2O2/c16-11-6-4-9(5-7-11)14(18)13-8-10-2-1-3-12(17)15(10)19-13/h1-8H. The van der Waals surface area contributed by atoms with Crippen LogP contribution in [0.4, 0.5) is 0 Å². The van der Waals surface area contributed by atoms with Gasteiger partial charge in [-0.25, -0.2) is 0 Å². The molecule has 0 aliphatic rings. The van der Waals surface area contributed by atoms with Crippen molar-refractivity contribution in [3.8, 4) is 0 Å². The smallest absolute Gasteiger partial charge is 0.228 e. The molecule has 0 aliphatic heterocycles. The lowest BCUT2D eigenvalue weighted by molar-refractivity contribution is 0.101. The molecule has 0 amide bonds. The van der Waals surface area contributed by atoms with E-state index in [-0.39, 0.29) is 5.78 Å². The zero-order valence-electron chi connectivity index (χ0n) is 9.69. The summed E-state index contributed by atoms with van der Waals surface area (Å²) in [6.07, 6.45) is 0. The van der Waals surface area contributed by atoms with E-state index in [0.717, 1.165) is 14.3 Å². The Morgan fingerprint density at radius 2 is 1.74 bits per heavy atom. The van der Waals surface area contributed by atoms with Gasteiger partial charge in [0.05, 0.1) is 4.47 Å². The third-order valence-corrected chi connectivity index (χ3v) is 3.98. The third kappa shape index (κ3) is 2.38. The van der Waals surface area contributed by atoms with Crippen LogP contribution in [0.1, 0.15) is 16.1 Å². The maximum absolute atomic E-state index is 12.3. The van der Waals surface area contributed by atoms with E-state index in [1.165, 1.54) is 0 Å². The monoisotopic (exact) mass is 378 g/mol. The molecule has 19 heavy (non-hydrogen) atoms. The zero-order chi connectivity index (χ0) is 13.4. The summed E-state index contributed by atoms with van der Waals surface area (Å²) in [7, 11) is 0. The fourth-order valence-electron chi connectivity index (χ4n) is 1.88. The largest absolute Gasteiger partial charge is 0.451 e. The van der Waals surface area contributed by atoms with Gasteiger partial charge in [-0.15, -0.1) is 0 Å². The Balaban J connectivity index is 2.06. The van der Waals surface area contributed by atoms with E-state index in [1.54, 1.807) is 18.2 Å². The molecule has 3 aromatic rings. The average Bonchev–Trinajstić information content (AvgIpc) is 2.84. The van der Waals surface area contributed by atoms with Crippen LogP contribution in [0.5, 0.6) is 0 Å². The summed E-state index contributed by atoms with van der Waals surface area (Å²) in [5, 5.41) is 0.912. The Labute approximate surface area is 126 Å². The first-order valence-electron chi connectivity index (χ1n) is 5.63. The molecule has 94 valence electrons. The van der Waals surface area contributed by atoms with Crippen molar-refractivity contribution in [1.29, 1.82) is 0 Å². The third-order valence-electron chi connectivity index (χ3n) is 2.83. The number of fused-ring (bicyclic) bond motifs is 1. The van der Waals surface area contributed by atoms with Crippen molar-refractivity contribution in [3.05, 3.63) is 68.8 Å². The summed E-state index contributed by atoms with van der Waals surface area (Å²) in [4.78, 5) is 12.3. The molecule has 0 radical (unpaired) electrons. The number of furan rings is 1. The second-order valence-electron chi connectivity index (χ2n) is 4.10. The number of para-hydroxylation sites is 1. The van der Waals surface area contributed by atoms with Crippen molar-refractivity contribution in [2.45, 2.75) is 0 Å². The number of benzene rings is 2. The van der Waals surface area contributed by atoms with Crippen LogP contribution in [-0.4, -0.2) is 5.78 Å². The van der Waals surface area contributed by atoms with Gasteiger partial charge in [-0.2, -0.15) is 0 Å². The maximum atomic E-state index is 12.3. The Bertz CT molecular complexity index is 757. The summed E-state index contributed by atoms with van der Waals surface area (Å²) in [5.41, 5.74) is 1.31. The van der Waals surface area contributed by atoms with Gasteiger partial charge in [-0.3, -0.25) is 4.79 Å². The summed E-state index contributed by atoms with van der Waals surface area (Å²) < 4.78 is 7.43. The summed E-state index contributed by atoms with van der Waals surface area (Å²) in [5.74, 6) is 0.236. The van der Waals surface area contributed by atoms with Gasteiger partial charge in [-0.05, 0) is 52.3 Å². The van der Waals surface area contributed by atoms with Gasteiger partial charge in [0.25, 0.3) is 0 Å². The SMILES string of the molecule is O=C(c1ccc(Br)cc1)c1cc2cccc(Br)c2o1. The molecule has 0 aliphatic carbocycles. The van der Waals surface area contributed by atoms with Crippen LogP contribution in [0, 0.1) is 0 Å². The van der Waals surface area contributed by atoms with Crippen LogP contribution in [0.15, 0.2) is 61.9 Å². The second-order valence-corrected chi connectivity index (χ2v) is 5.87. The van der Waals surface area contributed by atoms with Gasteiger partial charge >= 0.3 is 0 Å². The van der Waals surface area contributed by atoms with Crippen molar-refractivity contribution in [2.24, 2.45) is 0 Å². The Kier molecular flexibility index (Phi) is 3.29. The highest BCUT2D eigenvalue weighted by molar-refractivity contribution is 9.11. The molecule has 0 saturated heterocycles. The number of hydrogen-bond acceptors (Lipinski definition) is 2. The van der Waals surface area contributed by atoms with Crippen molar-refractivity contribution in [3.63, 3.8) is 0 Å². The van der Waals surface area contributed by atoms with Gasteiger partial charge in [0.15, 0.2) is 5.76 Å². The van der Waals surface area contributed by atoms with E-state index < -0.39 is 0 Å². The van der Waals surface area contributed by atoms with Crippen LogP contribution in [0.3, 0.4) is 0 Å². The van der Waals surface area contributed by atoms with E-state index in [9.17, 15) is 4.79 Å². The van der Waals surface area contributed by atoms with E-state index in [1.807, 2.05) is 30.3 Å². The fourth-order valence-corrected chi connectivity index (χ4v) is 2.61. The lowest BCUT2D eigenvalue weighted by Gasteiger charge is -1.97. The van der Waals surface area contributed by atoms with Crippen LogP contribution in [0.2, 0.25) is 0 Å². The number of carbonyl (C=O) groups is 1. The molecule has 0 fully saturated rings. The van der Waals surface area contributed by atoms with Gasteiger partial charge in [-0.1, -0.05) is 28.1 Å². The number of halogens is 2. The molecule has 1 heterocycles. The minimum Gasteiger partial charge on any atom is -0.451 e. The number of hydrogen-bond donors (Lipinski definition) is 0. The molecule has 0 atom stereocenters. The molecule has 1 aromatic heterocycles. The number of carbonyl (C=O) groups excluding carboxylic acids is 1. The van der Waals surface area contributed by atoms with E-state index in [2.05, 4.69) is 31.9 Å². The van der Waals surface area contributed by atoms with Crippen molar-refractivity contribution >= 4 is 48.6 Å². The molecular formula is C15H8Br2O2. The highest BCUT2D eigenvalue weighted by atomic mass is 79.9.